The van der Waals surface area contributed by atoms with Crippen molar-refractivity contribution in [3.05, 3.63) is 12.7 Å². The van der Waals surface area contributed by atoms with Gasteiger partial charge in [0, 0.05) is 6.04 Å². The minimum atomic E-state index is 0.732. The van der Waals surface area contributed by atoms with Crippen LogP contribution >= 0.6 is 0 Å². The lowest BCUT2D eigenvalue weighted by molar-refractivity contribution is 0.293. The first-order valence-corrected chi connectivity index (χ1v) is 6.71. The fourth-order valence-electron chi connectivity index (χ4n) is 2.74. The predicted octanol–water partition coefficient (Wildman–Crippen LogP) is 3.90. The Balaban J connectivity index is 2.24. The van der Waals surface area contributed by atoms with Gasteiger partial charge in [0.2, 0.25) is 0 Å². The van der Waals surface area contributed by atoms with E-state index in [2.05, 4.69) is 18.8 Å². The molecule has 0 heterocycles. The maximum absolute atomic E-state index is 3.81. The third-order valence-electron chi connectivity index (χ3n) is 3.55. The Morgan fingerprint density at radius 2 is 2.07 bits per heavy atom. The van der Waals surface area contributed by atoms with Gasteiger partial charge in [0.25, 0.3) is 0 Å². The molecular formula is C14H27N. The fourth-order valence-corrected chi connectivity index (χ4v) is 2.74. The van der Waals surface area contributed by atoms with Crippen LogP contribution in [0.15, 0.2) is 12.7 Å². The Morgan fingerprint density at radius 1 is 1.33 bits per heavy atom. The van der Waals surface area contributed by atoms with Gasteiger partial charge in [0.15, 0.2) is 0 Å². The molecule has 1 atom stereocenters. The van der Waals surface area contributed by atoms with Gasteiger partial charge in [-0.15, -0.1) is 6.58 Å². The summed E-state index contributed by atoms with van der Waals surface area (Å²) in [6, 6.07) is 0.732. The van der Waals surface area contributed by atoms with Crippen LogP contribution in [0.2, 0.25) is 0 Å². The van der Waals surface area contributed by atoms with Crippen LogP contribution in [0.25, 0.3) is 0 Å². The second-order valence-electron chi connectivity index (χ2n) is 4.86. The Hall–Kier alpha value is -0.300. The zero-order chi connectivity index (χ0) is 10.9. The zero-order valence-corrected chi connectivity index (χ0v) is 10.3. The monoisotopic (exact) mass is 209 g/mol. The molecule has 15 heavy (non-hydrogen) atoms. The summed E-state index contributed by atoms with van der Waals surface area (Å²) in [5.74, 6) is 0.993. The van der Waals surface area contributed by atoms with Gasteiger partial charge in [0.05, 0.1) is 0 Å². The molecule has 1 aliphatic carbocycles. The first-order chi connectivity index (χ1) is 7.36. The molecule has 0 aliphatic heterocycles. The predicted molar refractivity (Wildman–Crippen MR) is 68.1 cm³/mol. The summed E-state index contributed by atoms with van der Waals surface area (Å²) in [4.78, 5) is 0. The van der Waals surface area contributed by atoms with Crippen molar-refractivity contribution >= 4 is 0 Å². The van der Waals surface area contributed by atoms with Gasteiger partial charge < -0.3 is 5.32 Å². The molecule has 88 valence electrons. The lowest BCUT2D eigenvalue weighted by Gasteiger charge is -2.26. The highest BCUT2D eigenvalue weighted by Gasteiger charge is 2.17. The van der Waals surface area contributed by atoms with Crippen LogP contribution in [-0.2, 0) is 0 Å². The van der Waals surface area contributed by atoms with Crippen molar-refractivity contribution in [3.63, 3.8) is 0 Å². The quantitative estimate of drug-likeness (QED) is 0.627. The van der Waals surface area contributed by atoms with E-state index in [-0.39, 0.29) is 0 Å². The SMILES string of the molecule is C=CCCC(CC1CCCCC1)NCC. The molecule has 0 bridgehead atoms. The van der Waals surface area contributed by atoms with Crippen LogP contribution in [-0.4, -0.2) is 12.6 Å². The summed E-state index contributed by atoms with van der Waals surface area (Å²) < 4.78 is 0. The minimum absolute atomic E-state index is 0.732. The molecule has 1 fully saturated rings. The van der Waals surface area contributed by atoms with Crippen molar-refractivity contribution in [2.45, 2.75) is 64.3 Å². The third kappa shape index (κ3) is 5.36. The molecule has 0 saturated heterocycles. The third-order valence-corrected chi connectivity index (χ3v) is 3.55. The Bertz CT molecular complexity index is 159. The van der Waals surface area contributed by atoms with E-state index in [0.717, 1.165) is 24.9 Å². The molecule has 1 rings (SSSR count). The molecule has 1 N–H and O–H groups in total. The molecule has 0 radical (unpaired) electrons. The van der Waals surface area contributed by atoms with E-state index >= 15 is 0 Å². The molecule has 0 amide bonds. The van der Waals surface area contributed by atoms with Crippen molar-refractivity contribution in [1.82, 2.24) is 5.32 Å². The molecule has 1 unspecified atom stereocenters. The van der Waals surface area contributed by atoms with E-state index in [1.54, 1.807) is 0 Å². The molecule has 0 aromatic rings. The second-order valence-corrected chi connectivity index (χ2v) is 4.86. The molecular weight excluding hydrogens is 182 g/mol. The average molecular weight is 209 g/mol. The average Bonchev–Trinajstić information content (AvgIpc) is 2.28. The standard InChI is InChI=1S/C14H27N/c1-3-5-11-14(15-4-2)12-13-9-7-6-8-10-13/h3,13-15H,1,4-12H2,2H3. The molecule has 1 heteroatoms. The second kappa shape index (κ2) is 7.92. The first kappa shape index (κ1) is 12.8. The number of rotatable bonds is 7. The highest BCUT2D eigenvalue weighted by molar-refractivity contribution is 4.77. The molecule has 1 aliphatic rings. The summed E-state index contributed by atoms with van der Waals surface area (Å²) in [5, 5.41) is 3.62. The highest BCUT2D eigenvalue weighted by atomic mass is 14.9. The summed E-state index contributed by atoms with van der Waals surface area (Å²) in [6.45, 7) is 7.13. The van der Waals surface area contributed by atoms with Crippen LogP contribution in [0.4, 0.5) is 0 Å². The van der Waals surface area contributed by atoms with Gasteiger partial charge in [0.1, 0.15) is 0 Å². The summed E-state index contributed by atoms with van der Waals surface area (Å²) in [6.07, 6.45) is 13.2. The van der Waals surface area contributed by atoms with E-state index in [0.29, 0.717) is 0 Å². The van der Waals surface area contributed by atoms with Crippen LogP contribution in [0.5, 0.6) is 0 Å². The van der Waals surface area contributed by atoms with E-state index in [9.17, 15) is 0 Å². The normalized spacial score (nSPS) is 20.1. The van der Waals surface area contributed by atoms with Crippen LogP contribution in [0, 0.1) is 5.92 Å². The molecule has 1 nitrogen and oxygen atoms in total. The van der Waals surface area contributed by atoms with E-state index < -0.39 is 0 Å². The van der Waals surface area contributed by atoms with E-state index in [1.165, 1.54) is 44.9 Å². The summed E-state index contributed by atoms with van der Waals surface area (Å²) >= 11 is 0. The molecule has 1 saturated carbocycles. The first-order valence-electron chi connectivity index (χ1n) is 6.71. The largest absolute Gasteiger partial charge is 0.314 e. The van der Waals surface area contributed by atoms with Gasteiger partial charge in [-0.05, 0) is 31.7 Å². The number of hydrogen-bond donors (Lipinski definition) is 1. The van der Waals surface area contributed by atoms with E-state index in [1.807, 2.05) is 6.08 Å². The summed E-state index contributed by atoms with van der Waals surface area (Å²) in [5.41, 5.74) is 0. The van der Waals surface area contributed by atoms with Crippen LogP contribution < -0.4 is 5.32 Å². The van der Waals surface area contributed by atoms with Crippen LogP contribution in [0.3, 0.4) is 0 Å². The van der Waals surface area contributed by atoms with Gasteiger partial charge in [-0.2, -0.15) is 0 Å². The van der Waals surface area contributed by atoms with Gasteiger partial charge in [-0.3, -0.25) is 0 Å². The number of nitrogens with one attached hydrogen (secondary N) is 1. The minimum Gasteiger partial charge on any atom is -0.314 e. The van der Waals surface area contributed by atoms with Crippen molar-refractivity contribution in [1.29, 1.82) is 0 Å². The van der Waals surface area contributed by atoms with Crippen molar-refractivity contribution in [3.8, 4) is 0 Å². The Labute approximate surface area is 95.3 Å². The van der Waals surface area contributed by atoms with Crippen molar-refractivity contribution < 1.29 is 0 Å². The fraction of sp³-hybridized carbons (Fsp3) is 0.857. The maximum atomic E-state index is 3.81. The smallest absolute Gasteiger partial charge is 0.00725 e. The Morgan fingerprint density at radius 3 is 2.67 bits per heavy atom. The summed E-state index contributed by atoms with van der Waals surface area (Å²) in [7, 11) is 0. The van der Waals surface area contributed by atoms with Gasteiger partial charge in [-0.25, -0.2) is 0 Å². The van der Waals surface area contributed by atoms with Crippen molar-refractivity contribution in [2.75, 3.05) is 6.54 Å². The lowest BCUT2D eigenvalue weighted by atomic mass is 9.84. The molecule has 0 aromatic carbocycles. The van der Waals surface area contributed by atoms with Gasteiger partial charge >= 0.3 is 0 Å². The topological polar surface area (TPSA) is 12.0 Å². The highest BCUT2D eigenvalue weighted by Crippen LogP contribution is 2.28. The van der Waals surface area contributed by atoms with Crippen molar-refractivity contribution in [2.24, 2.45) is 5.92 Å². The lowest BCUT2D eigenvalue weighted by Crippen LogP contribution is -2.31. The number of hydrogen-bond acceptors (Lipinski definition) is 1. The zero-order valence-electron chi connectivity index (χ0n) is 10.3. The van der Waals surface area contributed by atoms with Gasteiger partial charge in [-0.1, -0.05) is 45.1 Å². The number of allylic oxidation sites excluding steroid dienone is 1. The molecule has 0 spiro atoms. The van der Waals surface area contributed by atoms with Crippen LogP contribution in [0.1, 0.15) is 58.3 Å². The van der Waals surface area contributed by atoms with E-state index in [4.69, 9.17) is 0 Å². The maximum Gasteiger partial charge on any atom is 0.00725 e. The molecule has 0 aromatic heterocycles. The Kier molecular flexibility index (Phi) is 6.74.